The summed E-state index contributed by atoms with van der Waals surface area (Å²) in [5, 5.41) is 3.90. The second kappa shape index (κ2) is 4.06. The Hall–Kier alpha value is -1.68. The van der Waals surface area contributed by atoms with Gasteiger partial charge in [0, 0.05) is 11.6 Å². The molecule has 0 bridgehead atoms. The van der Waals surface area contributed by atoms with Crippen molar-refractivity contribution in [1.82, 2.24) is 5.16 Å². The standard InChI is InChI=1S/C12H13FN2O/c1-7-5-9(3-4-10(7)13)11-6-12(8(2)14)16-15-11/h3-6,8H,14H2,1-2H3. The third-order valence-electron chi connectivity index (χ3n) is 2.43. The second-order valence-corrected chi connectivity index (χ2v) is 3.87. The van der Waals surface area contributed by atoms with E-state index in [2.05, 4.69) is 5.16 Å². The van der Waals surface area contributed by atoms with Gasteiger partial charge in [-0.05, 0) is 37.6 Å². The summed E-state index contributed by atoms with van der Waals surface area (Å²) in [4.78, 5) is 0. The highest BCUT2D eigenvalue weighted by molar-refractivity contribution is 5.59. The molecule has 0 spiro atoms. The smallest absolute Gasteiger partial charge is 0.153 e. The predicted octanol–water partition coefficient (Wildman–Crippen LogP) is 2.81. The Labute approximate surface area is 93.1 Å². The molecule has 16 heavy (non-hydrogen) atoms. The van der Waals surface area contributed by atoms with E-state index in [1.165, 1.54) is 6.07 Å². The van der Waals surface area contributed by atoms with Crippen molar-refractivity contribution < 1.29 is 8.91 Å². The Kier molecular flexibility index (Phi) is 2.75. The summed E-state index contributed by atoms with van der Waals surface area (Å²) in [6, 6.07) is 6.41. The van der Waals surface area contributed by atoms with Crippen LogP contribution < -0.4 is 5.73 Å². The number of halogens is 1. The zero-order chi connectivity index (χ0) is 11.7. The van der Waals surface area contributed by atoms with Crippen molar-refractivity contribution in [3.8, 4) is 11.3 Å². The number of nitrogens with two attached hydrogens (primary N) is 1. The summed E-state index contributed by atoms with van der Waals surface area (Å²) in [7, 11) is 0. The molecule has 1 aromatic heterocycles. The molecule has 0 aliphatic rings. The molecule has 2 N–H and O–H groups in total. The van der Waals surface area contributed by atoms with Crippen LogP contribution in [0.3, 0.4) is 0 Å². The summed E-state index contributed by atoms with van der Waals surface area (Å²) < 4.78 is 18.2. The van der Waals surface area contributed by atoms with Crippen molar-refractivity contribution in [3.05, 3.63) is 41.4 Å². The molecule has 0 saturated carbocycles. The van der Waals surface area contributed by atoms with Crippen LogP contribution in [-0.4, -0.2) is 5.16 Å². The molecule has 84 valence electrons. The van der Waals surface area contributed by atoms with Gasteiger partial charge in [-0.3, -0.25) is 0 Å². The average molecular weight is 220 g/mol. The molecule has 1 unspecified atom stereocenters. The molecule has 2 aromatic rings. The van der Waals surface area contributed by atoms with Crippen LogP contribution >= 0.6 is 0 Å². The largest absolute Gasteiger partial charge is 0.359 e. The maximum atomic E-state index is 13.1. The van der Waals surface area contributed by atoms with Gasteiger partial charge >= 0.3 is 0 Å². The Balaban J connectivity index is 2.39. The lowest BCUT2D eigenvalue weighted by atomic mass is 10.1. The SMILES string of the molecule is Cc1cc(-c2cc(C(C)N)on2)ccc1F. The van der Waals surface area contributed by atoms with Gasteiger partial charge in [0.05, 0.1) is 6.04 Å². The zero-order valence-electron chi connectivity index (χ0n) is 9.20. The van der Waals surface area contributed by atoms with Crippen molar-refractivity contribution in [2.45, 2.75) is 19.9 Å². The first-order valence-corrected chi connectivity index (χ1v) is 5.06. The molecule has 1 heterocycles. The zero-order valence-corrected chi connectivity index (χ0v) is 9.20. The summed E-state index contributed by atoms with van der Waals surface area (Å²) in [5.74, 6) is 0.400. The van der Waals surface area contributed by atoms with E-state index in [1.54, 1.807) is 25.1 Å². The highest BCUT2D eigenvalue weighted by Gasteiger charge is 2.10. The third-order valence-corrected chi connectivity index (χ3v) is 2.43. The minimum absolute atomic E-state index is 0.192. The summed E-state index contributed by atoms with van der Waals surface area (Å²) in [5.41, 5.74) is 7.76. The van der Waals surface area contributed by atoms with Crippen LogP contribution in [0.2, 0.25) is 0 Å². The first kappa shape index (κ1) is 10.8. The minimum atomic E-state index is -0.223. The lowest BCUT2D eigenvalue weighted by Gasteiger charge is -1.99. The lowest BCUT2D eigenvalue weighted by molar-refractivity contribution is 0.369. The summed E-state index contributed by atoms with van der Waals surface area (Å²) in [6.07, 6.45) is 0. The van der Waals surface area contributed by atoms with Crippen molar-refractivity contribution in [2.75, 3.05) is 0 Å². The Morgan fingerprint density at radius 3 is 2.69 bits per heavy atom. The van der Waals surface area contributed by atoms with Gasteiger partial charge < -0.3 is 10.3 Å². The highest BCUT2D eigenvalue weighted by Crippen LogP contribution is 2.23. The highest BCUT2D eigenvalue weighted by atomic mass is 19.1. The van der Waals surface area contributed by atoms with Crippen LogP contribution in [0.25, 0.3) is 11.3 Å². The molecule has 0 aliphatic carbocycles. The molecule has 2 rings (SSSR count). The van der Waals surface area contributed by atoms with E-state index in [0.29, 0.717) is 17.0 Å². The topological polar surface area (TPSA) is 52.0 Å². The van der Waals surface area contributed by atoms with E-state index >= 15 is 0 Å². The number of nitrogens with zero attached hydrogens (tertiary/aromatic N) is 1. The van der Waals surface area contributed by atoms with E-state index in [4.69, 9.17) is 10.3 Å². The number of aryl methyl sites for hydroxylation is 1. The Bertz CT molecular complexity index is 505. The number of aromatic nitrogens is 1. The van der Waals surface area contributed by atoms with E-state index < -0.39 is 0 Å². The number of hydrogen-bond acceptors (Lipinski definition) is 3. The molecule has 0 amide bonds. The van der Waals surface area contributed by atoms with Gasteiger partial charge in [-0.2, -0.15) is 0 Å². The maximum absolute atomic E-state index is 13.1. The fourth-order valence-corrected chi connectivity index (χ4v) is 1.44. The van der Waals surface area contributed by atoms with Crippen LogP contribution in [0, 0.1) is 12.7 Å². The predicted molar refractivity (Wildman–Crippen MR) is 59.2 cm³/mol. The van der Waals surface area contributed by atoms with Gasteiger partial charge in [-0.1, -0.05) is 5.16 Å². The molecule has 0 aliphatic heterocycles. The van der Waals surface area contributed by atoms with Gasteiger partial charge in [0.15, 0.2) is 5.76 Å². The molecular formula is C12H13FN2O. The van der Waals surface area contributed by atoms with Gasteiger partial charge in [-0.25, -0.2) is 4.39 Å². The van der Waals surface area contributed by atoms with E-state index in [9.17, 15) is 4.39 Å². The van der Waals surface area contributed by atoms with E-state index in [1.807, 2.05) is 6.92 Å². The van der Waals surface area contributed by atoms with E-state index in [-0.39, 0.29) is 11.9 Å². The van der Waals surface area contributed by atoms with Gasteiger partial charge in [-0.15, -0.1) is 0 Å². The van der Waals surface area contributed by atoms with Gasteiger partial charge in [0.25, 0.3) is 0 Å². The lowest BCUT2D eigenvalue weighted by Crippen LogP contribution is -2.02. The van der Waals surface area contributed by atoms with Crippen LogP contribution in [0.5, 0.6) is 0 Å². The van der Waals surface area contributed by atoms with Crippen molar-refractivity contribution >= 4 is 0 Å². The summed E-state index contributed by atoms with van der Waals surface area (Å²) in [6.45, 7) is 3.53. The molecule has 0 fully saturated rings. The Morgan fingerprint density at radius 1 is 1.38 bits per heavy atom. The first-order valence-electron chi connectivity index (χ1n) is 5.06. The third kappa shape index (κ3) is 1.97. The second-order valence-electron chi connectivity index (χ2n) is 3.87. The van der Waals surface area contributed by atoms with Gasteiger partial charge in [0.1, 0.15) is 11.5 Å². The van der Waals surface area contributed by atoms with Crippen molar-refractivity contribution in [3.63, 3.8) is 0 Å². The fourth-order valence-electron chi connectivity index (χ4n) is 1.44. The quantitative estimate of drug-likeness (QED) is 0.846. The van der Waals surface area contributed by atoms with Crippen LogP contribution in [-0.2, 0) is 0 Å². The summed E-state index contributed by atoms with van der Waals surface area (Å²) >= 11 is 0. The number of rotatable bonds is 2. The number of benzene rings is 1. The average Bonchev–Trinajstić information content (AvgIpc) is 2.71. The monoisotopic (exact) mass is 220 g/mol. The number of hydrogen-bond donors (Lipinski definition) is 1. The Morgan fingerprint density at radius 2 is 2.12 bits per heavy atom. The molecular weight excluding hydrogens is 207 g/mol. The van der Waals surface area contributed by atoms with Crippen LogP contribution in [0.1, 0.15) is 24.3 Å². The first-order chi connectivity index (χ1) is 7.58. The molecule has 0 radical (unpaired) electrons. The van der Waals surface area contributed by atoms with Crippen molar-refractivity contribution in [2.24, 2.45) is 5.73 Å². The molecule has 4 heteroatoms. The fraction of sp³-hybridized carbons (Fsp3) is 0.250. The molecule has 3 nitrogen and oxygen atoms in total. The van der Waals surface area contributed by atoms with Crippen LogP contribution in [0.15, 0.2) is 28.8 Å². The van der Waals surface area contributed by atoms with Crippen LogP contribution in [0.4, 0.5) is 4.39 Å². The molecule has 1 atom stereocenters. The van der Waals surface area contributed by atoms with Gasteiger partial charge in [0.2, 0.25) is 0 Å². The molecule has 1 aromatic carbocycles. The minimum Gasteiger partial charge on any atom is -0.359 e. The normalized spacial score (nSPS) is 12.8. The molecule has 0 saturated heterocycles. The van der Waals surface area contributed by atoms with E-state index in [0.717, 1.165) is 5.56 Å². The maximum Gasteiger partial charge on any atom is 0.153 e. The van der Waals surface area contributed by atoms with Crippen molar-refractivity contribution in [1.29, 1.82) is 0 Å².